The summed E-state index contributed by atoms with van der Waals surface area (Å²) in [5.74, 6) is -0.731. The molecule has 0 bridgehead atoms. The summed E-state index contributed by atoms with van der Waals surface area (Å²) in [4.78, 5) is 41.1. The van der Waals surface area contributed by atoms with Crippen LogP contribution in [0.5, 0.6) is 0 Å². The van der Waals surface area contributed by atoms with E-state index in [1.165, 1.54) is 7.11 Å². The molecule has 39 heavy (non-hydrogen) atoms. The number of nitrogens with one attached hydrogen (secondary N) is 2. The van der Waals surface area contributed by atoms with Crippen molar-refractivity contribution in [1.82, 2.24) is 10.2 Å². The van der Waals surface area contributed by atoms with Gasteiger partial charge in [-0.3, -0.25) is 9.59 Å². The Morgan fingerprint density at radius 1 is 1.00 bits per heavy atom. The molecule has 9 heteroatoms. The first-order chi connectivity index (χ1) is 18.8. The SMILES string of the molecule is COC(=O)C[C@H]1Cc2ccccc2CN1C(=O)[C@@H](NC(=O)Nc1cccc(Br)c1)[C@@H](C)OCc1ccccc1. The molecule has 1 aliphatic heterocycles. The average Bonchev–Trinajstić information content (AvgIpc) is 2.94. The van der Waals surface area contributed by atoms with E-state index in [1.54, 1.807) is 30.0 Å². The lowest BCUT2D eigenvalue weighted by molar-refractivity contribution is -0.146. The van der Waals surface area contributed by atoms with Crippen LogP contribution in [-0.4, -0.2) is 48.1 Å². The van der Waals surface area contributed by atoms with Gasteiger partial charge < -0.3 is 25.0 Å². The Bertz CT molecular complexity index is 1300. The fourth-order valence-electron chi connectivity index (χ4n) is 4.63. The lowest BCUT2D eigenvalue weighted by Crippen LogP contribution is -2.58. The van der Waals surface area contributed by atoms with Crippen molar-refractivity contribution in [3.05, 3.63) is 100 Å². The number of hydrogen-bond donors (Lipinski definition) is 2. The van der Waals surface area contributed by atoms with Gasteiger partial charge in [-0.1, -0.05) is 76.6 Å². The van der Waals surface area contributed by atoms with E-state index in [0.717, 1.165) is 21.2 Å². The van der Waals surface area contributed by atoms with Gasteiger partial charge in [-0.2, -0.15) is 0 Å². The summed E-state index contributed by atoms with van der Waals surface area (Å²) in [6, 6.07) is 22.7. The second-order valence-electron chi connectivity index (χ2n) is 9.46. The van der Waals surface area contributed by atoms with Crippen LogP contribution >= 0.6 is 15.9 Å². The smallest absolute Gasteiger partial charge is 0.319 e. The number of fused-ring (bicyclic) bond motifs is 1. The number of rotatable bonds is 9. The molecule has 3 amide bonds. The zero-order valence-electron chi connectivity index (χ0n) is 21.9. The maximum absolute atomic E-state index is 14.1. The normalized spacial score (nSPS) is 16.0. The highest BCUT2D eigenvalue weighted by atomic mass is 79.9. The van der Waals surface area contributed by atoms with Gasteiger partial charge in [0.25, 0.3) is 0 Å². The molecule has 0 aromatic heterocycles. The molecule has 0 saturated carbocycles. The minimum Gasteiger partial charge on any atom is -0.469 e. The summed E-state index contributed by atoms with van der Waals surface area (Å²) in [6.07, 6.45) is -0.109. The number of amides is 3. The van der Waals surface area contributed by atoms with E-state index in [-0.39, 0.29) is 18.9 Å². The molecule has 1 heterocycles. The maximum Gasteiger partial charge on any atom is 0.319 e. The molecule has 204 valence electrons. The van der Waals surface area contributed by atoms with Gasteiger partial charge in [0.05, 0.1) is 26.2 Å². The van der Waals surface area contributed by atoms with E-state index in [0.29, 0.717) is 18.7 Å². The Kier molecular flexibility index (Phi) is 9.73. The number of urea groups is 1. The molecule has 0 saturated heterocycles. The van der Waals surface area contributed by atoms with Gasteiger partial charge >= 0.3 is 12.0 Å². The molecule has 3 aromatic carbocycles. The standard InChI is InChI=1S/C30H32BrN3O5/c1-20(39-19-21-9-4-3-5-10-21)28(33-30(37)32-25-14-8-13-24(31)16-25)29(36)34-18-23-12-7-6-11-22(23)15-26(34)17-27(35)38-2/h3-14,16,20,26,28H,15,17-19H2,1-2H3,(H2,32,33,37)/t20-,26-,28+/m1/s1. The van der Waals surface area contributed by atoms with Gasteiger partial charge in [0.15, 0.2) is 0 Å². The summed E-state index contributed by atoms with van der Waals surface area (Å²) in [5.41, 5.74) is 3.61. The van der Waals surface area contributed by atoms with E-state index in [2.05, 4.69) is 26.6 Å². The Morgan fingerprint density at radius 3 is 2.44 bits per heavy atom. The monoisotopic (exact) mass is 593 g/mol. The van der Waals surface area contributed by atoms with Crippen molar-refractivity contribution < 1.29 is 23.9 Å². The minimum absolute atomic E-state index is 0.0484. The molecule has 0 radical (unpaired) electrons. The molecular formula is C30H32BrN3O5. The Balaban J connectivity index is 1.58. The predicted molar refractivity (Wildman–Crippen MR) is 152 cm³/mol. The first kappa shape index (κ1) is 28.3. The van der Waals surface area contributed by atoms with Crippen LogP contribution in [0, 0.1) is 0 Å². The molecule has 2 N–H and O–H groups in total. The van der Waals surface area contributed by atoms with Crippen LogP contribution < -0.4 is 10.6 Å². The Hall–Kier alpha value is -3.69. The lowest BCUT2D eigenvalue weighted by atomic mass is 9.91. The van der Waals surface area contributed by atoms with Crippen molar-refractivity contribution >= 4 is 39.5 Å². The van der Waals surface area contributed by atoms with Crippen LogP contribution in [0.15, 0.2) is 83.3 Å². The fraction of sp³-hybridized carbons (Fsp3) is 0.300. The van der Waals surface area contributed by atoms with Crippen molar-refractivity contribution in [3.63, 3.8) is 0 Å². The number of ether oxygens (including phenoxy) is 2. The molecule has 0 fully saturated rings. The number of hydrogen-bond acceptors (Lipinski definition) is 5. The van der Waals surface area contributed by atoms with E-state index >= 15 is 0 Å². The van der Waals surface area contributed by atoms with Gasteiger partial charge in [0, 0.05) is 22.7 Å². The molecule has 3 atom stereocenters. The number of halogens is 1. The summed E-state index contributed by atoms with van der Waals surface area (Å²) >= 11 is 3.40. The van der Waals surface area contributed by atoms with Crippen LogP contribution in [0.2, 0.25) is 0 Å². The summed E-state index contributed by atoms with van der Waals surface area (Å²) in [5, 5.41) is 5.62. The topological polar surface area (TPSA) is 97.0 Å². The molecule has 0 spiro atoms. The van der Waals surface area contributed by atoms with Crippen molar-refractivity contribution in [3.8, 4) is 0 Å². The highest BCUT2D eigenvalue weighted by molar-refractivity contribution is 9.10. The largest absolute Gasteiger partial charge is 0.469 e. The van der Waals surface area contributed by atoms with Crippen LogP contribution in [-0.2, 0) is 38.6 Å². The predicted octanol–water partition coefficient (Wildman–Crippen LogP) is 5.06. The van der Waals surface area contributed by atoms with Crippen LogP contribution in [0.1, 0.15) is 30.0 Å². The van der Waals surface area contributed by atoms with Crippen LogP contribution in [0.4, 0.5) is 10.5 Å². The highest BCUT2D eigenvalue weighted by Gasteiger charge is 2.38. The Labute approximate surface area is 236 Å². The molecule has 1 aliphatic rings. The summed E-state index contributed by atoms with van der Waals surface area (Å²) in [7, 11) is 1.33. The van der Waals surface area contributed by atoms with E-state index < -0.39 is 30.2 Å². The summed E-state index contributed by atoms with van der Waals surface area (Å²) in [6.45, 7) is 2.35. The first-order valence-corrected chi connectivity index (χ1v) is 13.6. The fourth-order valence-corrected chi connectivity index (χ4v) is 5.03. The van der Waals surface area contributed by atoms with Crippen molar-refractivity contribution in [1.29, 1.82) is 0 Å². The van der Waals surface area contributed by atoms with Gasteiger partial charge in [-0.15, -0.1) is 0 Å². The van der Waals surface area contributed by atoms with Gasteiger partial charge in [-0.25, -0.2) is 4.79 Å². The highest BCUT2D eigenvalue weighted by Crippen LogP contribution is 2.27. The van der Waals surface area contributed by atoms with E-state index in [4.69, 9.17) is 9.47 Å². The maximum atomic E-state index is 14.1. The zero-order valence-corrected chi connectivity index (χ0v) is 23.5. The third kappa shape index (κ3) is 7.68. The summed E-state index contributed by atoms with van der Waals surface area (Å²) < 4.78 is 11.8. The second-order valence-corrected chi connectivity index (χ2v) is 10.4. The van der Waals surface area contributed by atoms with Crippen LogP contribution in [0.25, 0.3) is 0 Å². The van der Waals surface area contributed by atoms with E-state index in [1.807, 2.05) is 60.7 Å². The van der Waals surface area contributed by atoms with Crippen molar-refractivity contribution in [2.24, 2.45) is 0 Å². The second kappa shape index (κ2) is 13.4. The lowest BCUT2D eigenvalue weighted by Gasteiger charge is -2.39. The molecule has 8 nitrogen and oxygen atoms in total. The van der Waals surface area contributed by atoms with Crippen LogP contribution in [0.3, 0.4) is 0 Å². The number of anilines is 1. The average molecular weight is 595 g/mol. The van der Waals surface area contributed by atoms with Gasteiger partial charge in [0.2, 0.25) is 5.91 Å². The number of esters is 1. The first-order valence-electron chi connectivity index (χ1n) is 12.8. The number of benzene rings is 3. The number of nitrogens with zero attached hydrogens (tertiary/aromatic N) is 1. The molecule has 3 aromatic rings. The Morgan fingerprint density at radius 2 is 1.72 bits per heavy atom. The van der Waals surface area contributed by atoms with E-state index in [9.17, 15) is 14.4 Å². The van der Waals surface area contributed by atoms with Gasteiger partial charge in [-0.05, 0) is 48.2 Å². The molecule has 4 rings (SSSR count). The zero-order chi connectivity index (χ0) is 27.8. The third-order valence-corrected chi connectivity index (χ3v) is 7.22. The number of carbonyl (C=O) groups excluding carboxylic acids is 3. The quantitative estimate of drug-likeness (QED) is 0.338. The molecular weight excluding hydrogens is 562 g/mol. The molecule has 0 unspecified atom stereocenters. The third-order valence-electron chi connectivity index (χ3n) is 6.73. The van der Waals surface area contributed by atoms with Crippen molar-refractivity contribution in [2.45, 2.75) is 51.1 Å². The number of methoxy groups -OCH3 is 1. The minimum atomic E-state index is -1.01. The van der Waals surface area contributed by atoms with Gasteiger partial charge in [0.1, 0.15) is 6.04 Å². The molecule has 0 aliphatic carbocycles. The number of carbonyl (C=O) groups is 3. The van der Waals surface area contributed by atoms with Crippen molar-refractivity contribution in [2.75, 3.05) is 12.4 Å².